The molecule has 0 bridgehead atoms. The fourth-order valence-corrected chi connectivity index (χ4v) is 11.6. The molecule has 1 atom stereocenters. The Balaban J connectivity index is 1.76. The lowest BCUT2D eigenvalue weighted by Crippen LogP contribution is -2.55. The summed E-state index contributed by atoms with van der Waals surface area (Å²) in [7, 11) is -1.97. The van der Waals surface area contributed by atoms with Crippen LogP contribution in [0, 0.1) is 11.5 Å². The fourth-order valence-electron chi connectivity index (χ4n) is 6.40. The van der Waals surface area contributed by atoms with Crippen LogP contribution in [0.5, 0.6) is 0 Å². The summed E-state index contributed by atoms with van der Waals surface area (Å²) >= 11 is 0. The molecule has 0 radical (unpaired) electrons. The SMILES string of the molecule is CC(C)[Si](C#Cc1cc2cccc3c2n1C(=O)NC31C(=O)Nc2ccccc21)(C(C)C)C(C)C. The van der Waals surface area contributed by atoms with E-state index in [1.54, 1.807) is 4.57 Å². The summed E-state index contributed by atoms with van der Waals surface area (Å²) in [6, 6.07) is 15.1. The van der Waals surface area contributed by atoms with E-state index in [-0.39, 0.29) is 11.9 Å². The first-order chi connectivity index (χ1) is 16.1. The van der Waals surface area contributed by atoms with E-state index < -0.39 is 13.6 Å². The minimum atomic E-state index is -1.97. The van der Waals surface area contributed by atoms with E-state index in [0.717, 1.165) is 27.7 Å². The third kappa shape index (κ3) is 2.80. The third-order valence-corrected chi connectivity index (χ3v) is 14.2. The number of anilines is 1. The number of aromatic nitrogens is 1. The van der Waals surface area contributed by atoms with Crippen LogP contribution < -0.4 is 10.6 Å². The van der Waals surface area contributed by atoms with E-state index in [0.29, 0.717) is 22.3 Å². The van der Waals surface area contributed by atoms with Crippen LogP contribution >= 0.6 is 0 Å². The number of fused-ring (bicyclic) bond motifs is 3. The normalized spacial score (nSPS) is 19.0. The van der Waals surface area contributed by atoms with Crippen molar-refractivity contribution in [3.05, 3.63) is 65.4 Å². The van der Waals surface area contributed by atoms with Crippen LogP contribution in [0.2, 0.25) is 16.6 Å². The van der Waals surface area contributed by atoms with Crippen LogP contribution in [0.3, 0.4) is 0 Å². The van der Waals surface area contributed by atoms with Gasteiger partial charge in [0.1, 0.15) is 13.8 Å². The number of benzene rings is 2. The van der Waals surface area contributed by atoms with Crippen LogP contribution in [0.1, 0.15) is 58.4 Å². The molecule has 0 saturated heterocycles. The van der Waals surface area contributed by atoms with Crippen LogP contribution in [-0.4, -0.2) is 24.6 Å². The van der Waals surface area contributed by atoms with Gasteiger partial charge in [-0.3, -0.25) is 9.36 Å². The fraction of sp³-hybridized carbons (Fsp3) is 0.357. The molecular formula is C28H31N3O2Si. The van der Waals surface area contributed by atoms with E-state index in [4.69, 9.17) is 0 Å². The van der Waals surface area contributed by atoms with E-state index in [1.165, 1.54) is 0 Å². The summed E-state index contributed by atoms with van der Waals surface area (Å²) < 4.78 is 1.66. The zero-order valence-electron chi connectivity index (χ0n) is 20.6. The first-order valence-electron chi connectivity index (χ1n) is 12.1. The van der Waals surface area contributed by atoms with Crippen molar-refractivity contribution in [2.24, 2.45) is 0 Å². The number of hydrogen-bond donors (Lipinski definition) is 2. The van der Waals surface area contributed by atoms with Gasteiger partial charge in [0.15, 0.2) is 5.54 Å². The number of carbonyl (C=O) groups excluding carboxylic acids is 2. The molecule has 1 aromatic heterocycles. The Morgan fingerprint density at radius 1 is 0.882 bits per heavy atom. The topological polar surface area (TPSA) is 63.1 Å². The number of para-hydroxylation sites is 2. The zero-order chi connectivity index (χ0) is 24.4. The van der Waals surface area contributed by atoms with E-state index in [9.17, 15) is 9.59 Å². The van der Waals surface area contributed by atoms with Crippen molar-refractivity contribution in [2.45, 2.75) is 63.7 Å². The summed E-state index contributed by atoms with van der Waals surface area (Å²) in [6.45, 7) is 13.7. The number of rotatable bonds is 3. The lowest BCUT2D eigenvalue weighted by atomic mass is 9.82. The van der Waals surface area contributed by atoms with Gasteiger partial charge < -0.3 is 10.6 Å². The average Bonchev–Trinajstić information content (AvgIpc) is 3.28. The number of amides is 2. The number of nitrogens with zero attached hydrogens (tertiary/aromatic N) is 1. The molecule has 5 nitrogen and oxygen atoms in total. The monoisotopic (exact) mass is 469 g/mol. The second-order valence-electron chi connectivity index (χ2n) is 10.4. The highest BCUT2D eigenvalue weighted by molar-refractivity contribution is 6.90. The largest absolute Gasteiger partial charge is 0.328 e. The lowest BCUT2D eigenvalue weighted by Gasteiger charge is -2.38. The molecule has 0 fully saturated rings. The quantitative estimate of drug-likeness (QED) is 0.366. The van der Waals surface area contributed by atoms with Crippen molar-refractivity contribution < 1.29 is 9.59 Å². The molecule has 174 valence electrons. The van der Waals surface area contributed by atoms with Gasteiger partial charge >= 0.3 is 6.03 Å². The van der Waals surface area contributed by atoms with E-state index >= 15 is 0 Å². The predicted molar refractivity (Wildman–Crippen MR) is 140 cm³/mol. The van der Waals surface area contributed by atoms with E-state index in [1.807, 2.05) is 48.5 Å². The summed E-state index contributed by atoms with van der Waals surface area (Å²) in [5.74, 6) is 3.22. The standard InChI is InChI=1S/C28H31N3O2Si/c1-17(2)34(18(3)4,19(5)6)15-14-21-16-20-10-9-12-23-25(20)31(21)27(33)30-28(23)22-11-7-8-13-24(22)29-26(28)32/h7-13,16-19H,1-6H3,(H,29,32)(H,30,33). The predicted octanol–water partition coefficient (Wildman–Crippen LogP) is 5.98. The summed E-state index contributed by atoms with van der Waals surface area (Å²) in [5.41, 5.74) is 7.71. The maximum Gasteiger partial charge on any atom is 0.328 e. The van der Waals surface area contributed by atoms with E-state index in [2.05, 4.69) is 63.6 Å². The van der Waals surface area contributed by atoms with Gasteiger partial charge in [0.2, 0.25) is 0 Å². The maximum absolute atomic E-state index is 13.6. The molecule has 3 aromatic rings. The van der Waals surface area contributed by atoms with Crippen molar-refractivity contribution in [1.82, 2.24) is 9.88 Å². The summed E-state index contributed by atoms with van der Waals surface area (Å²) in [4.78, 5) is 26.9. The molecule has 0 aliphatic carbocycles. The maximum atomic E-state index is 13.6. The van der Waals surface area contributed by atoms with Gasteiger partial charge in [0, 0.05) is 22.2 Å². The number of hydrogen-bond acceptors (Lipinski definition) is 2. The molecule has 3 heterocycles. The molecule has 2 aliphatic rings. The zero-order valence-corrected chi connectivity index (χ0v) is 21.6. The second kappa shape index (κ2) is 7.61. The van der Waals surface area contributed by atoms with Crippen molar-refractivity contribution >= 4 is 36.6 Å². The lowest BCUT2D eigenvalue weighted by molar-refractivity contribution is -0.120. The minimum Gasteiger partial charge on any atom is -0.323 e. The Bertz CT molecular complexity index is 1380. The Labute approximate surface area is 201 Å². The Morgan fingerprint density at radius 2 is 1.53 bits per heavy atom. The Hall–Kier alpha value is -3.30. The molecule has 34 heavy (non-hydrogen) atoms. The number of carbonyl (C=O) groups is 2. The average molecular weight is 470 g/mol. The molecule has 0 saturated carbocycles. The smallest absolute Gasteiger partial charge is 0.323 e. The van der Waals surface area contributed by atoms with Crippen LogP contribution in [0.15, 0.2) is 48.5 Å². The van der Waals surface area contributed by atoms with Crippen molar-refractivity contribution in [2.75, 3.05) is 5.32 Å². The van der Waals surface area contributed by atoms with Crippen molar-refractivity contribution in [3.8, 4) is 11.5 Å². The van der Waals surface area contributed by atoms with Gasteiger partial charge in [0.25, 0.3) is 5.91 Å². The molecule has 5 rings (SSSR count). The van der Waals surface area contributed by atoms with Crippen molar-refractivity contribution in [1.29, 1.82) is 0 Å². The molecule has 6 heteroatoms. The highest BCUT2D eigenvalue weighted by atomic mass is 28.3. The van der Waals surface area contributed by atoms with Crippen molar-refractivity contribution in [3.63, 3.8) is 0 Å². The van der Waals surface area contributed by atoms with Gasteiger partial charge in [-0.25, -0.2) is 4.79 Å². The van der Waals surface area contributed by atoms with Gasteiger partial charge in [-0.2, -0.15) is 0 Å². The van der Waals surface area contributed by atoms with Gasteiger partial charge in [0.05, 0.1) is 5.52 Å². The molecule has 2 aromatic carbocycles. The Kier molecular flexibility index (Phi) is 5.03. The molecule has 2 amide bonds. The van der Waals surface area contributed by atoms with Crippen LogP contribution in [-0.2, 0) is 10.3 Å². The van der Waals surface area contributed by atoms with Gasteiger partial charge in [-0.05, 0) is 28.8 Å². The molecule has 2 aliphatic heterocycles. The highest BCUT2D eigenvalue weighted by Gasteiger charge is 2.53. The first-order valence-corrected chi connectivity index (χ1v) is 14.3. The summed E-state index contributed by atoms with van der Waals surface area (Å²) in [6.07, 6.45) is 0. The molecule has 1 spiro atoms. The minimum absolute atomic E-state index is 0.236. The van der Waals surface area contributed by atoms with Crippen LogP contribution in [0.4, 0.5) is 10.5 Å². The Morgan fingerprint density at radius 3 is 2.21 bits per heavy atom. The molecule has 1 unspecified atom stereocenters. The second-order valence-corrected chi connectivity index (χ2v) is 16.0. The molecular weight excluding hydrogens is 438 g/mol. The van der Waals surface area contributed by atoms with Gasteiger partial charge in [-0.1, -0.05) is 83.9 Å². The third-order valence-electron chi connectivity index (χ3n) is 7.92. The first kappa shape index (κ1) is 22.5. The van der Waals surface area contributed by atoms with Gasteiger partial charge in [-0.15, -0.1) is 5.54 Å². The highest BCUT2D eigenvalue weighted by Crippen LogP contribution is 2.46. The summed E-state index contributed by atoms with van der Waals surface area (Å²) in [5, 5.41) is 6.93. The number of nitrogens with one attached hydrogen (secondary N) is 2. The molecule has 2 N–H and O–H groups in total. The van der Waals surface area contributed by atoms with Crippen LogP contribution in [0.25, 0.3) is 10.9 Å².